The molecule has 0 spiro atoms. The Labute approximate surface area is 449 Å². The van der Waals surface area contributed by atoms with Gasteiger partial charge in [-0.25, -0.2) is 4.79 Å². The summed E-state index contributed by atoms with van der Waals surface area (Å²) in [7, 11) is 4.04. The quantitative estimate of drug-likeness (QED) is 0.0768. The van der Waals surface area contributed by atoms with Crippen molar-refractivity contribution < 1.29 is 107 Å². The maximum absolute atomic E-state index is 14.3. The van der Waals surface area contributed by atoms with Gasteiger partial charge in [-0.1, -0.05) is 46.3 Å². The lowest BCUT2D eigenvalue weighted by Gasteiger charge is -2.59. The number of carbonyl (C=O) groups excluding carboxylic acids is 3. The van der Waals surface area contributed by atoms with Crippen LogP contribution in [-0.2, 0) is 47.5 Å². The summed E-state index contributed by atoms with van der Waals surface area (Å²) in [5.74, 6) is -2.19. The Morgan fingerprint density at radius 1 is 0.766 bits per heavy atom. The van der Waals surface area contributed by atoms with Crippen LogP contribution in [0.4, 0.5) is 0 Å². The summed E-state index contributed by atoms with van der Waals surface area (Å²) >= 11 is 0. The molecule has 1 aromatic carbocycles. The Balaban J connectivity index is 1.11. The lowest BCUT2D eigenvalue weighted by molar-refractivity contribution is -0.362. The first kappa shape index (κ1) is 59.5. The maximum Gasteiger partial charge on any atom is 0.338 e. The van der Waals surface area contributed by atoms with E-state index in [1.54, 1.807) is 6.92 Å². The van der Waals surface area contributed by atoms with Crippen molar-refractivity contribution in [3.05, 3.63) is 29.3 Å². The van der Waals surface area contributed by atoms with Crippen LogP contribution in [0.15, 0.2) is 23.8 Å². The molecule has 8 rings (SSSR count). The van der Waals surface area contributed by atoms with E-state index < -0.39 is 135 Å². The molecule has 3 aliphatic heterocycles. The number of allylic oxidation sites excluding steroid dienone is 1. The number of fused-ring (bicyclic) bond motifs is 5. The molecule has 3 saturated carbocycles. The SMILES string of the molecule is COc1cc(C(=O)O[C@H]2[C@H](O[C@@H]3[C@@H](OC(C)=O)[C@H](O[C@H]4C[C@H]5[C@@H]6CC=C7C[C@@H](O)CC[C@]7(C)[C@H]6CC[C@]5(C)[C@@]4(O)[C@@H](C)C(=O)CCC(C)C)OC[C@@H]3O)OC[C@@H](O[C@@H]3O[C@H](CO)[C@@H](O)[C@H](O)[C@H]3O)[C@@H]2O)cc(OC)c1OC. The number of hydrogen-bond acceptors (Lipinski definition) is 22. The van der Waals surface area contributed by atoms with Crippen LogP contribution in [-0.4, -0.2) is 197 Å². The Morgan fingerprint density at radius 3 is 2.08 bits per heavy atom. The molecule has 0 radical (unpaired) electrons. The number of benzene rings is 1. The molecule has 7 aliphatic rings. The summed E-state index contributed by atoms with van der Waals surface area (Å²) in [6.07, 6.45) is -15.8. The van der Waals surface area contributed by atoms with E-state index in [1.165, 1.54) is 39.0 Å². The average Bonchev–Trinajstić information content (AvgIpc) is 3.85. The second-order valence-electron chi connectivity index (χ2n) is 23.2. The lowest BCUT2D eigenvalue weighted by Crippen LogP contribution is -2.65. The zero-order valence-electron chi connectivity index (χ0n) is 45.6. The van der Waals surface area contributed by atoms with Crippen LogP contribution in [0.3, 0.4) is 0 Å². The van der Waals surface area contributed by atoms with E-state index in [1.807, 2.05) is 13.8 Å². The molecule has 0 amide bonds. The third-order valence-corrected chi connectivity index (χ3v) is 18.5. The predicted molar refractivity (Wildman–Crippen MR) is 267 cm³/mol. The highest BCUT2D eigenvalue weighted by atomic mass is 16.8. The molecule has 22 heteroatoms. The van der Waals surface area contributed by atoms with E-state index in [-0.39, 0.29) is 70.2 Å². The van der Waals surface area contributed by atoms with E-state index in [4.69, 9.17) is 52.1 Å². The summed E-state index contributed by atoms with van der Waals surface area (Å²) in [5.41, 5.74) is -1.63. The van der Waals surface area contributed by atoms with Gasteiger partial charge in [0.05, 0.1) is 58.9 Å². The topological polar surface area (TPSA) is 315 Å². The van der Waals surface area contributed by atoms with Gasteiger partial charge < -0.3 is 93.0 Å². The van der Waals surface area contributed by atoms with Crippen LogP contribution in [0.2, 0.25) is 0 Å². The number of ketones is 1. The van der Waals surface area contributed by atoms with Gasteiger partial charge in [0, 0.05) is 24.7 Å². The highest BCUT2D eigenvalue weighted by Crippen LogP contribution is 2.69. The van der Waals surface area contributed by atoms with E-state index in [9.17, 15) is 55.2 Å². The van der Waals surface area contributed by atoms with E-state index >= 15 is 0 Å². The molecule has 22 atom stereocenters. The largest absolute Gasteiger partial charge is 0.493 e. The molecule has 0 aromatic heterocycles. The Bertz CT molecular complexity index is 2250. The molecule has 4 aliphatic carbocycles. The fraction of sp³-hybridized carbons (Fsp3) is 0.800. The van der Waals surface area contributed by atoms with Gasteiger partial charge in [-0.05, 0) is 92.6 Å². The minimum atomic E-state index is -1.91. The number of aliphatic hydroxyl groups is 8. The molecular weight excluding hydrogens is 1010 g/mol. The van der Waals surface area contributed by atoms with Crippen LogP contribution >= 0.6 is 0 Å². The highest BCUT2D eigenvalue weighted by Gasteiger charge is 2.71. The molecule has 3 heterocycles. The summed E-state index contributed by atoms with van der Waals surface area (Å²) in [6, 6.07) is 2.59. The van der Waals surface area contributed by atoms with Crippen molar-refractivity contribution in [1.82, 2.24) is 0 Å². The van der Waals surface area contributed by atoms with Gasteiger partial charge in [0.1, 0.15) is 60.2 Å². The Morgan fingerprint density at radius 2 is 1.44 bits per heavy atom. The van der Waals surface area contributed by atoms with Gasteiger partial charge in [0.25, 0.3) is 0 Å². The van der Waals surface area contributed by atoms with Gasteiger partial charge in [-0.15, -0.1) is 0 Å². The Hall–Kier alpha value is -3.59. The second-order valence-corrected chi connectivity index (χ2v) is 23.2. The molecule has 22 nitrogen and oxygen atoms in total. The number of esters is 2. The van der Waals surface area contributed by atoms with E-state index in [2.05, 4.69) is 19.9 Å². The first-order chi connectivity index (χ1) is 36.4. The zero-order chi connectivity index (χ0) is 56.1. The van der Waals surface area contributed by atoms with E-state index in [0.29, 0.717) is 32.1 Å². The molecule has 0 unspecified atom stereocenters. The van der Waals surface area contributed by atoms with Crippen molar-refractivity contribution >= 4 is 17.7 Å². The number of methoxy groups -OCH3 is 3. The predicted octanol–water partition coefficient (Wildman–Crippen LogP) is 1.87. The number of ether oxygens (including phenoxy) is 11. The van der Waals surface area contributed by atoms with Crippen LogP contribution in [0.25, 0.3) is 0 Å². The van der Waals surface area contributed by atoms with Gasteiger partial charge in [-0.3, -0.25) is 9.59 Å². The molecule has 3 saturated heterocycles. The maximum atomic E-state index is 14.3. The number of aliphatic hydroxyl groups excluding tert-OH is 7. The summed E-state index contributed by atoms with van der Waals surface area (Å²) in [6.45, 7) is 9.46. The minimum Gasteiger partial charge on any atom is -0.493 e. The van der Waals surface area contributed by atoms with Gasteiger partial charge >= 0.3 is 11.9 Å². The third kappa shape index (κ3) is 11.2. The van der Waals surface area contributed by atoms with E-state index in [0.717, 1.165) is 26.2 Å². The van der Waals surface area contributed by atoms with Crippen molar-refractivity contribution in [2.75, 3.05) is 41.2 Å². The van der Waals surface area contributed by atoms with Crippen molar-refractivity contribution in [3.63, 3.8) is 0 Å². The van der Waals surface area contributed by atoms with Gasteiger partial charge in [0.2, 0.25) is 5.75 Å². The zero-order valence-corrected chi connectivity index (χ0v) is 45.6. The van der Waals surface area contributed by atoms with Crippen LogP contribution in [0.1, 0.15) is 110 Å². The third-order valence-electron chi connectivity index (χ3n) is 18.5. The second kappa shape index (κ2) is 23.9. The van der Waals surface area contributed by atoms with Crippen LogP contribution in [0.5, 0.6) is 17.2 Å². The monoisotopic (exact) mass is 1090 g/mol. The number of carbonyl (C=O) groups is 3. The fourth-order valence-corrected chi connectivity index (χ4v) is 14.0. The number of Topliss-reactive ketones (excluding diaryl/α,β-unsaturated/α-hetero) is 1. The molecular formula is C55H82O22. The number of rotatable bonds is 18. The fourth-order valence-electron chi connectivity index (χ4n) is 14.0. The van der Waals surface area contributed by atoms with Crippen LogP contribution < -0.4 is 14.2 Å². The summed E-state index contributed by atoms with van der Waals surface area (Å²) in [5, 5.41) is 89.8. The molecule has 8 N–H and O–H groups in total. The van der Waals surface area contributed by atoms with Gasteiger partial charge in [-0.2, -0.15) is 0 Å². The highest BCUT2D eigenvalue weighted by molar-refractivity contribution is 5.91. The smallest absolute Gasteiger partial charge is 0.338 e. The molecule has 6 fully saturated rings. The lowest BCUT2D eigenvalue weighted by atomic mass is 9.46. The van der Waals surface area contributed by atoms with Gasteiger partial charge in [0.15, 0.2) is 42.6 Å². The minimum absolute atomic E-state index is 0.0805. The van der Waals surface area contributed by atoms with Crippen molar-refractivity contribution in [2.45, 2.75) is 197 Å². The average molecular weight is 1100 g/mol. The van der Waals surface area contributed by atoms with Crippen molar-refractivity contribution in [1.29, 1.82) is 0 Å². The Kier molecular flexibility index (Phi) is 18.4. The summed E-state index contributed by atoms with van der Waals surface area (Å²) < 4.78 is 65.3. The molecule has 77 heavy (non-hydrogen) atoms. The summed E-state index contributed by atoms with van der Waals surface area (Å²) in [4.78, 5) is 41.7. The number of hydrogen-bond donors (Lipinski definition) is 8. The van der Waals surface area contributed by atoms with Crippen molar-refractivity contribution in [3.8, 4) is 17.2 Å². The molecule has 0 bridgehead atoms. The standard InChI is InChI=1S/C55H82O22/c1-25(2)10-13-34(59)26(3)55(66)40(21-33-31-12-11-29-20-30(58)14-16-53(29,5)32(31)15-17-54(33,55)6)75-52-48(72-27(4)57)45(35(60)23-70-52)77-51-47(76-49(65)28-18-36(67-7)46(69-9)37(19-28)68-8)42(62)39(24-71-51)74-50-44(64)43(63)41(61)38(22-56)73-50/h11,18-19,25-26,30-33,35,38-45,47-48,50-52,56,58,60-64,66H,10,12-17,20-24H2,1-9H3/t26-,30-,31+,32-,33-,35-,38+,39+,40-,41+,42-,43-,44+,45-,47+,48+,50-,51-,52-,53-,54-,55+/m0/s1. The normalized spacial score (nSPS) is 42.2. The molecule has 1 aromatic rings. The van der Waals surface area contributed by atoms with Crippen molar-refractivity contribution in [2.24, 2.45) is 40.4 Å². The molecule has 434 valence electrons. The first-order valence-electron chi connectivity index (χ1n) is 27.1. The first-order valence-corrected chi connectivity index (χ1v) is 27.1. The van der Waals surface area contributed by atoms with Crippen LogP contribution in [0, 0.1) is 40.4 Å².